The second kappa shape index (κ2) is 5.04. The van der Waals surface area contributed by atoms with Crippen LogP contribution >= 0.6 is 0 Å². The Hall–Kier alpha value is -0.770. The predicted molar refractivity (Wildman–Crippen MR) is 67.5 cm³/mol. The maximum atomic E-state index is 6.12. The molecule has 0 bridgehead atoms. The summed E-state index contributed by atoms with van der Waals surface area (Å²) < 4.78 is 0. The van der Waals surface area contributed by atoms with Gasteiger partial charge >= 0.3 is 0 Å². The average molecular weight is 224 g/mol. The molecule has 0 aromatic rings. The molecule has 16 heavy (non-hydrogen) atoms. The Labute approximate surface area is 98.5 Å². The zero-order valence-corrected chi connectivity index (χ0v) is 10.5. The lowest BCUT2D eigenvalue weighted by molar-refractivity contribution is 0.159. The molecule has 2 fully saturated rings. The van der Waals surface area contributed by atoms with Crippen LogP contribution in [0, 0.1) is 0 Å². The Morgan fingerprint density at radius 1 is 1.25 bits per heavy atom. The van der Waals surface area contributed by atoms with Crippen molar-refractivity contribution in [1.82, 2.24) is 9.80 Å². The second-order valence-electron chi connectivity index (χ2n) is 5.23. The normalized spacial score (nSPS) is 30.0. The van der Waals surface area contributed by atoms with E-state index in [4.69, 9.17) is 5.73 Å². The van der Waals surface area contributed by atoms with Crippen molar-refractivity contribution in [2.75, 3.05) is 26.7 Å². The molecule has 0 aromatic carbocycles. The number of piperazine rings is 1. The van der Waals surface area contributed by atoms with Gasteiger partial charge in [-0.1, -0.05) is 12.8 Å². The molecule has 2 rings (SSSR count). The highest BCUT2D eigenvalue weighted by Gasteiger charge is 2.24. The van der Waals surface area contributed by atoms with Gasteiger partial charge in [0.1, 0.15) is 0 Å². The van der Waals surface area contributed by atoms with E-state index in [1.165, 1.54) is 25.7 Å². The van der Waals surface area contributed by atoms with Gasteiger partial charge in [0.25, 0.3) is 0 Å². The number of likely N-dealkylation sites (N-methyl/N-ethyl adjacent to an activating group) is 1. The molecule has 0 amide bonds. The molecule has 4 heteroatoms. The Balaban J connectivity index is 1.95. The van der Waals surface area contributed by atoms with E-state index in [1.807, 2.05) is 0 Å². The first-order valence-electron chi connectivity index (χ1n) is 6.45. The van der Waals surface area contributed by atoms with Gasteiger partial charge in [0.05, 0.1) is 6.04 Å². The van der Waals surface area contributed by atoms with Crippen molar-refractivity contribution in [1.29, 1.82) is 0 Å². The third-order valence-electron chi connectivity index (χ3n) is 3.76. The molecular weight excluding hydrogens is 200 g/mol. The maximum absolute atomic E-state index is 6.12. The third kappa shape index (κ3) is 2.67. The summed E-state index contributed by atoms with van der Waals surface area (Å²) in [6.45, 7) is 5.42. The van der Waals surface area contributed by atoms with Crippen molar-refractivity contribution in [3.05, 3.63) is 0 Å². The summed E-state index contributed by atoms with van der Waals surface area (Å²) >= 11 is 0. The van der Waals surface area contributed by atoms with E-state index in [0.29, 0.717) is 12.1 Å². The molecule has 1 aliphatic heterocycles. The average Bonchev–Trinajstić information content (AvgIpc) is 2.70. The van der Waals surface area contributed by atoms with Crippen LogP contribution in [-0.2, 0) is 0 Å². The number of nitrogens with zero attached hydrogens (tertiary/aromatic N) is 3. The SMILES string of the molecule is CC1CN(C)CCN1C(N)=NC1CCCC1. The topological polar surface area (TPSA) is 44.9 Å². The number of rotatable bonds is 1. The molecule has 1 saturated carbocycles. The summed E-state index contributed by atoms with van der Waals surface area (Å²) in [5.74, 6) is 0.771. The summed E-state index contributed by atoms with van der Waals surface area (Å²) in [4.78, 5) is 9.29. The largest absolute Gasteiger partial charge is 0.370 e. The highest BCUT2D eigenvalue weighted by molar-refractivity contribution is 5.78. The van der Waals surface area contributed by atoms with Gasteiger partial charge in [-0.25, -0.2) is 4.99 Å². The molecule has 1 aliphatic carbocycles. The minimum absolute atomic E-state index is 0.490. The standard InChI is InChI=1S/C12H24N4/c1-10-9-15(2)7-8-16(10)12(13)14-11-5-3-4-6-11/h10-11H,3-9H2,1-2H3,(H2,13,14). The van der Waals surface area contributed by atoms with Crippen molar-refractivity contribution < 1.29 is 0 Å². The van der Waals surface area contributed by atoms with Gasteiger partial charge in [-0.05, 0) is 26.8 Å². The van der Waals surface area contributed by atoms with E-state index < -0.39 is 0 Å². The molecule has 0 spiro atoms. The lowest BCUT2D eigenvalue weighted by atomic mass is 10.2. The third-order valence-corrected chi connectivity index (χ3v) is 3.76. The molecule has 0 aromatic heterocycles. The van der Waals surface area contributed by atoms with Gasteiger partial charge in [-0.3, -0.25) is 0 Å². The van der Waals surface area contributed by atoms with E-state index in [-0.39, 0.29) is 0 Å². The Kier molecular flexibility index (Phi) is 3.69. The van der Waals surface area contributed by atoms with Gasteiger partial charge in [0.2, 0.25) is 0 Å². The van der Waals surface area contributed by atoms with Gasteiger partial charge in [0, 0.05) is 25.7 Å². The van der Waals surface area contributed by atoms with Crippen molar-refractivity contribution in [2.24, 2.45) is 10.7 Å². The molecule has 4 nitrogen and oxygen atoms in total. The smallest absolute Gasteiger partial charge is 0.191 e. The molecule has 1 atom stereocenters. The molecule has 1 unspecified atom stereocenters. The summed E-state index contributed by atoms with van der Waals surface area (Å²) in [7, 11) is 2.16. The molecule has 92 valence electrons. The number of hydrogen-bond donors (Lipinski definition) is 1. The van der Waals surface area contributed by atoms with E-state index in [9.17, 15) is 0 Å². The van der Waals surface area contributed by atoms with Crippen LogP contribution in [0.3, 0.4) is 0 Å². The Morgan fingerprint density at radius 3 is 2.56 bits per heavy atom. The molecule has 1 saturated heterocycles. The van der Waals surface area contributed by atoms with Gasteiger partial charge < -0.3 is 15.5 Å². The van der Waals surface area contributed by atoms with Crippen molar-refractivity contribution in [2.45, 2.75) is 44.7 Å². The van der Waals surface area contributed by atoms with Crippen LogP contribution in [-0.4, -0.2) is 54.5 Å². The van der Waals surface area contributed by atoms with Gasteiger partial charge in [-0.15, -0.1) is 0 Å². The van der Waals surface area contributed by atoms with Crippen molar-refractivity contribution in [3.8, 4) is 0 Å². The zero-order valence-electron chi connectivity index (χ0n) is 10.5. The van der Waals surface area contributed by atoms with Crippen LogP contribution in [0.2, 0.25) is 0 Å². The van der Waals surface area contributed by atoms with Crippen LogP contribution in [0.4, 0.5) is 0 Å². The van der Waals surface area contributed by atoms with E-state index in [2.05, 4.69) is 28.8 Å². The van der Waals surface area contributed by atoms with Gasteiger partial charge in [-0.2, -0.15) is 0 Å². The molecule has 1 heterocycles. The van der Waals surface area contributed by atoms with E-state index in [1.54, 1.807) is 0 Å². The number of hydrogen-bond acceptors (Lipinski definition) is 2. The second-order valence-corrected chi connectivity index (χ2v) is 5.23. The monoisotopic (exact) mass is 224 g/mol. The maximum Gasteiger partial charge on any atom is 0.191 e. The predicted octanol–water partition coefficient (Wildman–Crippen LogP) is 0.880. The fraction of sp³-hybridized carbons (Fsp3) is 0.917. The van der Waals surface area contributed by atoms with Crippen LogP contribution in [0.5, 0.6) is 0 Å². The van der Waals surface area contributed by atoms with Gasteiger partial charge in [0.15, 0.2) is 5.96 Å². The quantitative estimate of drug-likeness (QED) is 0.531. The van der Waals surface area contributed by atoms with Crippen LogP contribution in [0.25, 0.3) is 0 Å². The fourth-order valence-corrected chi connectivity index (χ4v) is 2.77. The van der Waals surface area contributed by atoms with E-state index in [0.717, 1.165) is 25.6 Å². The molecule has 2 aliphatic rings. The molecular formula is C12H24N4. The first kappa shape index (κ1) is 11.7. The highest BCUT2D eigenvalue weighted by atomic mass is 15.3. The highest BCUT2D eigenvalue weighted by Crippen LogP contribution is 2.21. The summed E-state index contributed by atoms with van der Waals surface area (Å²) in [5, 5.41) is 0. The van der Waals surface area contributed by atoms with E-state index >= 15 is 0 Å². The number of aliphatic imine (C=N–C) groups is 1. The van der Waals surface area contributed by atoms with Crippen LogP contribution in [0.1, 0.15) is 32.6 Å². The lowest BCUT2D eigenvalue weighted by Crippen LogP contribution is -2.55. The van der Waals surface area contributed by atoms with Crippen LogP contribution < -0.4 is 5.73 Å². The first-order valence-corrected chi connectivity index (χ1v) is 6.45. The lowest BCUT2D eigenvalue weighted by Gasteiger charge is -2.39. The number of guanidine groups is 1. The minimum Gasteiger partial charge on any atom is -0.370 e. The fourth-order valence-electron chi connectivity index (χ4n) is 2.77. The van der Waals surface area contributed by atoms with Crippen molar-refractivity contribution >= 4 is 5.96 Å². The first-order chi connectivity index (χ1) is 7.66. The summed E-state index contributed by atoms with van der Waals surface area (Å²) in [5.41, 5.74) is 6.12. The minimum atomic E-state index is 0.490. The summed E-state index contributed by atoms with van der Waals surface area (Å²) in [6.07, 6.45) is 5.09. The number of nitrogens with two attached hydrogens (primary N) is 1. The Bertz CT molecular complexity index is 258. The Morgan fingerprint density at radius 2 is 1.94 bits per heavy atom. The summed E-state index contributed by atoms with van der Waals surface area (Å²) in [6, 6.07) is 0.982. The molecule has 0 radical (unpaired) electrons. The molecule has 2 N–H and O–H groups in total. The zero-order chi connectivity index (χ0) is 11.5. The van der Waals surface area contributed by atoms with Crippen molar-refractivity contribution in [3.63, 3.8) is 0 Å². The van der Waals surface area contributed by atoms with Crippen LogP contribution in [0.15, 0.2) is 4.99 Å².